The molecule has 0 saturated heterocycles. The molecule has 2 heterocycles. The molecule has 26 heavy (non-hydrogen) atoms. The number of nitrogens with zero attached hydrogens (tertiary/aromatic N) is 3. The molecular formula is C19H18N4O2S. The second-order valence-electron chi connectivity index (χ2n) is 5.65. The van der Waals surface area contributed by atoms with Gasteiger partial charge < -0.3 is 14.8 Å². The van der Waals surface area contributed by atoms with Gasteiger partial charge in [-0.05, 0) is 24.0 Å². The molecule has 132 valence electrons. The van der Waals surface area contributed by atoms with Gasteiger partial charge in [0.2, 0.25) is 11.0 Å². The Morgan fingerprint density at radius 2 is 2.04 bits per heavy atom. The summed E-state index contributed by atoms with van der Waals surface area (Å²) in [6.07, 6.45) is -0.413. The smallest absolute Gasteiger partial charge is 0.247 e. The van der Waals surface area contributed by atoms with Crippen LogP contribution in [0.25, 0.3) is 11.3 Å². The minimum atomic E-state index is -0.413. The van der Waals surface area contributed by atoms with Crippen LogP contribution in [0, 0.1) is 0 Å². The molecule has 1 unspecified atom stereocenters. The summed E-state index contributed by atoms with van der Waals surface area (Å²) in [5.74, 6) is 2.11. The molecule has 1 aromatic heterocycles. The highest BCUT2D eigenvalue weighted by atomic mass is 32.2. The van der Waals surface area contributed by atoms with Crippen molar-refractivity contribution in [2.45, 2.75) is 18.3 Å². The first-order chi connectivity index (χ1) is 12.8. The van der Waals surface area contributed by atoms with E-state index in [2.05, 4.69) is 27.4 Å². The van der Waals surface area contributed by atoms with Crippen molar-refractivity contribution in [3.8, 4) is 22.9 Å². The lowest BCUT2D eigenvalue weighted by molar-refractivity contribution is 0.224. The third-order valence-electron chi connectivity index (χ3n) is 4.00. The molecule has 4 rings (SSSR count). The number of nitrogens with one attached hydrogen (secondary N) is 1. The monoisotopic (exact) mass is 366 g/mol. The quantitative estimate of drug-likeness (QED) is 0.695. The molecule has 0 bridgehead atoms. The van der Waals surface area contributed by atoms with Crippen molar-refractivity contribution in [2.24, 2.45) is 0 Å². The molecule has 2 aromatic carbocycles. The fourth-order valence-corrected chi connectivity index (χ4v) is 3.30. The Hall–Kier alpha value is -2.80. The molecule has 6 nitrogen and oxygen atoms in total. The van der Waals surface area contributed by atoms with Crippen molar-refractivity contribution >= 4 is 17.4 Å². The Kier molecular flexibility index (Phi) is 4.62. The van der Waals surface area contributed by atoms with Gasteiger partial charge in [0, 0.05) is 16.8 Å². The lowest BCUT2D eigenvalue weighted by atomic mass is 10.1. The van der Waals surface area contributed by atoms with Crippen LogP contribution in [0.2, 0.25) is 0 Å². The standard InChI is InChI=1S/C19H18N4O2S/c1-3-26-19-21-18-16(22-23-19)14-9-4-5-10-15(14)20-17(25-18)12-7-6-8-13(11-12)24-2/h4-11,17,20H,3H2,1-2H3. The lowest BCUT2D eigenvalue weighted by Crippen LogP contribution is -2.17. The van der Waals surface area contributed by atoms with Crippen molar-refractivity contribution in [1.29, 1.82) is 0 Å². The van der Waals surface area contributed by atoms with E-state index in [1.54, 1.807) is 7.11 Å². The number of thioether (sulfide) groups is 1. The molecule has 1 atom stereocenters. The highest BCUT2D eigenvalue weighted by Gasteiger charge is 2.26. The molecule has 3 aromatic rings. The van der Waals surface area contributed by atoms with Crippen LogP contribution in [0.5, 0.6) is 11.6 Å². The maximum Gasteiger partial charge on any atom is 0.247 e. The summed E-state index contributed by atoms with van der Waals surface area (Å²) in [5, 5.41) is 12.6. The molecule has 1 N–H and O–H groups in total. The molecular weight excluding hydrogens is 348 g/mol. The van der Waals surface area contributed by atoms with E-state index in [9.17, 15) is 0 Å². The fraction of sp³-hybridized carbons (Fsp3) is 0.211. The van der Waals surface area contributed by atoms with E-state index in [1.165, 1.54) is 11.8 Å². The predicted molar refractivity (Wildman–Crippen MR) is 102 cm³/mol. The normalized spacial score (nSPS) is 15.1. The summed E-state index contributed by atoms with van der Waals surface area (Å²) in [7, 11) is 1.65. The molecule has 1 aliphatic rings. The van der Waals surface area contributed by atoms with Crippen LogP contribution in [0.1, 0.15) is 18.7 Å². The van der Waals surface area contributed by atoms with Crippen molar-refractivity contribution in [1.82, 2.24) is 15.2 Å². The number of rotatable bonds is 4. The highest BCUT2D eigenvalue weighted by Crippen LogP contribution is 2.39. The number of anilines is 1. The van der Waals surface area contributed by atoms with Gasteiger partial charge in [-0.3, -0.25) is 0 Å². The number of para-hydroxylation sites is 1. The van der Waals surface area contributed by atoms with Gasteiger partial charge in [-0.1, -0.05) is 49.0 Å². The van der Waals surface area contributed by atoms with Gasteiger partial charge in [-0.25, -0.2) is 0 Å². The summed E-state index contributed by atoms with van der Waals surface area (Å²) in [6, 6.07) is 15.7. The second kappa shape index (κ2) is 7.21. The average molecular weight is 366 g/mol. The summed E-state index contributed by atoms with van der Waals surface area (Å²) >= 11 is 1.53. The maximum atomic E-state index is 6.22. The molecule has 1 aliphatic heterocycles. The van der Waals surface area contributed by atoms with E-state index < -0.39 is 6.23 Å². The molecule has 7 heteroatoms. The number of benzene rings is 2. The number of methoxy groups -OCH3 is 1. The zero-order valence-corrected chi connectivity index (χ0v) is 15.3. The van der Waals surface area contributed by atoms with Crippen LogP contribution >= 0.6 is 11.8 Å². The van der Waals surface area contributed by atoms with Gasteiger partial charge in [0.05, 0.1) is 7.11 Å². The van der Waals surface area contributed by atoms with E-state index in [4.69, 9.17) is 9.47 Å². The van der Waals surface area contributed by atoms with Gasteiger partial charge in [0.25, 0.3) is 0 Å². The minimum absolute atomic E-state index is 0.413. The van der Waals surface area contributed by atoms with Crippen LogP contribution < -0.4 is 14.8 Å². The van der Waals surface area contributed by atoms with Gasteiger partial charge in [-0.2, -0.15) is 4.98 Å². The van der Waals surface area contributed by atoms with Crippen LogP contribution in [0.3, 0.4) is 0 Å². The summed E-state index contributed by atoms with van der Waals surface area (Å²) in [5.41, 5.74) is 3.42. The summed E-state index contributed by atoms with van der Waals surface area (Å²) in [4.78, 5) is 4.58. The zero-order valence-electron chi connectivity index (χ0n) is 14.5. The maximum absolute atomic E-state index is 6.22. The molecule has 0 saturated carbocycles. The van der Waals surface area contributed by atoms with Crippen LogP contribution in [-0.4, -0.2) is 28.0 Å². The third-order valence-corrected chi connectivity index (χ3v) is 4.72. The third kappa shape index (κ3) is 3.17. The molecule has 0 fully saturated rings. The van der Waals surface area contributed by atoms with Crippen LogP contribution in [0.4, 0.5) is 5.69 Å². The van der Waals surface area contributed by atoms with Crippen LogP contribution in [0.15, 0.2) is 53.7 Å². The Balaban J connectivity index is 1.82. The van der Waals surface area contributed by atoms with Gasteiger partial charge in [0.1, 0.15) is 5.75 Å². The van der Waals surface area contributed by atoms with E-state index in [-0.39, 0.29) is 0 Å². The first-order valence-electron chi connectivity index (χ1n) is 8.32. The predicted octanol–water partition coefficient (Wildman–Crippen LogP) is 4.16. The van der Waals surface area contributed by atoms with Crippen LogP contribution in [-0.2, 0) is 0 Å². The topological polar surface area (TPSA) is 69.2 Å². The van der Waals surface area contributed by atoms with Crippen molar-refractivity contribution in [3.63, 3.8) is 0 Å². The molecule has 0 radical (unpaired) electrons. The molecule has 0 spiro atoms. The number of ether oxygens (including phenoxy) is 2. The Morgan fingerprint density at radius 1 is 1.15 bits per heavy atom. The zero-order chi connectivity index (χ0) is 17.9. The highest BCUT2D eigenvalue weighted by molar-refractivity contribution is 7.99. The van der Waals surface area contributed by atoms with Crippen molar-refractivity contribution in [3.05, 3.63) is 54.1 Å². The average Bonchev–Trinajstić information content (AvgIpc) is 2.85. The van der Waals surface area contributed by atoms with E-state index in [0.717, 1.165) is 28.3 Å². The van der Waals surface area contributed by atoms with Crippen molar-refractivity contribution < 1.29 is 9.47 Å². The van der Waals surface area contributed by atoms with E-state index >= 15 is 0 Å². The van der Waals surface area contributed by atoms with Crippen molar-refractivity contribution in [2.75, 3.05) is 18.2 Å². The first kappa shape index (κ1) is 16.7. The van der Waals surface area contributed by atoms with E-state index in [0.29, 0.717) is 16.7 Å². The largest absolute Gasteiger partial charge is 0.497 e. The number of aromatic nitrogens is 3. The summed E-state index contributed by atoms with van der Waals surface area (Å²) < 4.78 is 11.6. The summed E-state index contributed by atoms with van der Waals surface area (Å²) in [6.45, 7) is 2.05. The minimum Gasteiger partial charge on any atom is -0.497 e. The number of hydrogen-bond acceptors (Lipinski definition) is 7. The van der Waals surface area contributed by atoms with Gasteiger partial charge in [0.15, 0.2) is 11.9 Å². The first-order valence-corrected chi connectivity index (χ1v) is 9.31. The Morgan fingerprint density at radius 3 is 2.88 bits per heavy atom. The van der Waals surface area contributed by atoms with Gasteiger partial charge in [-0.15, -0.1) is 10.2 Å². The van der Waals surface area contributed by atoms with Gasteiger partial charge >= 0.3 is 0 Å². The Bertz CT molecular complexity index is 935. The number of fused-ring (bicyclic) bond motifs is 3. The van der Waals surface area contributed by atoms with E-state index in [1.807, 2.05) is 48.5 Å². The molecule has 0 aliphatic carbocycles. The lowest BCUT2D eigenvalue weighted by Gasteiger charge is -2.19. The SMILES string of the molecule is CCSc1nnc2c(n1)OC(c1cccc(OC)c1)Nc1ccccc1-2. The Labute approximate surface area is 156 Å². The molecule has 0 amide bonds. The fourth-order valence-electron chi connectivity index (χ4n) is 2.79. The number of hydrogen-bond donors (Lipinski definition) is 1. The second-order valence-corrected chi connectivity index (χ2v) is 6.88.